The zero-order chi connectivity index (χ0) is 25.1. The smallest absolute Gasteiger partial charge is 0.0782 e. The highest BCUT2D eigenvalue weighted by atomic mass is 15.1. The van der Waals surface area contributed by atoms with Gasteiger partial charge in [0.05, 0.1) is 27.8 Å². The Morgan fingerprint density at radius 1 is 0.342 bits per heavy atom. The van der Waals surface area contributed by atoms with E-state index in [9.17, 15) is 0 Å². The van der Waals surface area contributed by atoms with Crippen molar-refractivity contribution in [3.05, 3.63) is 146 Å². The molecular formula is C36H24N2. The van der Waals surface area contributed by atoms with Gasteiger partial charge in [-0.2, -0.15) is 0 Å². The van der Waals surface area contributed by atoms with E-state index in [1.165, 1.54) is 60.4 Å². The molecule has 0 atom stereocenters. The van der Waals surface area contributed by atoms with Gasteiger partial charge in [0.25, 0.3) is 0 Å². The van der Waals surface area contributed by atoms with Gasteiger partial charge < -0.3 is 9.13 Å². The Hall–Kier alpha value is -5.08. The lowest BCUT2D eigenvalue weighted by Gasteiger charge is -2.16. The van der Waals surface area contributed by atoms with Gasteiger partial charge in [-0.25, -0.2) is 0 Å². The number of rotatable bonds is 3. The third-order valence-electron chi connectivity index (χ3n) is 7.71. The molecule has 2 heterocycles. The summed E-state index contributed by atoms with van der Waals surface area (Å²) in [6.07, 6.45) is 0. The number of fused-ring (bicyclic) bond motifs is 6. The molecule has 0 aliphatic carbocycles. The van der Waals surface area contributed by atoms with E-state index in [2.05, 4.69) is 155 Å². The van der Waals surface area contributed by atoms with Crippen molar-refractivity contribution in [2.75, 3.05) is 0 Å². The molecule has 2 aromatic heterocycles. The van der Waals surface area contributed by atoms with Crippen molar-refractivity contribution in [3.8, 4) is 22.5 Å². The zero-order valence-corrected chi connectivity index (χ0v) is 20.8. The summed E-state index contributed by atoms with van der Waals surface area (Å²) in [5.41, 5.74) is 9.67. The van der Waals surface area contributed by atoms with Crippen LogP contribution in [0.4, 0.5) is 0 Å². The molecule has 0 radical (unpaired) electrons. The van der Waals surface area contributed by atoms with E-state index in [1.807, 2.05) is 0 Å². The molecule has 0 unspecified atom stereocenters. The molecule has 2 nitrogen and oxygen atoms in total. The van der Waals surface area contributed by atoms with Crippen molar-refractivity contribution >= 4 is 43.6 Å². The predicted molar refractivity (Wildman–Crippen MR) is 161 cm³/mol. The number of hydrogen-bond donors (Lipinski definition) is 0. The summed E-state index contributed by atoms with van der Waals surface area (Å²) in [6.45, 7) is 0. The van der Waals surface area contributed by atoms with Crippen LogP contribution in [0.2, 0.25) is 0 Å². The fraction of sp³-hybridized carbons (Fsp3) is 0. The Balaban J connectivity index is 1.60. The summed E-state index contributed by atoms with van der Waals surface area (Å²) in [5.74, 6) is 0. The molecule has 178 valence electrons. The first-order valence-electron chi connectivity index (χ1n) is 13.1. The van der Waals surface area contributed by atoms with Crippen LogP contribution in [0.1, 0.15) is 0 Å². The van der Waals surface area contributed by atoms with E-state index < -0.39 is 0 Å². The maximum absolute atomic E-state index is 2.48. The normalized spacial score (nSPS) is 11.7. The third kappa shape index (κ3) is 2.95. The summed E-state index contributed by atoms with van der Waals surface area (Å²) in [7, 11) is 0. The number of aromatic nitrogens is 2. The highest BCUT2D eigenvalue weighted by Gasteiger charge is 2.21. The molecule has 0 spiro atoms. The Morgan fingerprint density at radius 2 is 0.868 bits per heavy atom. The van der Waals surface area contributed by atoms with Crippen molar-refractivity contribution < 1.29 is 0 Å². The van der Waals surface area contributed by atoms with Crippen molar-refractivity contribution in [2.45, 2.75) is 0 Å². The number of benzene rings is 6. The third-order valence-corrected chi connectivity index (χ3v) is 7.71. The predicted octanol–water partition coefficient (Wildman–Crippen LogP) is 9.55. The Kier molecular flexibility index (Phi) is 4.55. The zero-order valence-electron chi connectivity index (χ0n) is 20.8. The van der Waals surface area contributed by atoms with Crippen LogP contribution in [0.3, 0.4) is 0 Å². The maximum atomic E-state index is 2.48. The Labute approximate surface area is 220 Å². The molecule has 0 fully saturated rings. The molecule has 8 aromatic rings. The average Bonchev–Trinajstić information content (AvgIpc) is 3.51. The van der Waals surface area contributed by atoms with Gasteiger partial charge in [-0.3, -0.25) is 0 Å². The SMILES string of the molecule is c1ccc(-c2cccc3c4ccccc4n(-c4cccc5c6ccccc6n(-c6ccccc6)c45)c23)cc1. The average molecular weight is 485 g/mol. The Morgan fingerprint density at radius 3 is 1.58 bits per heavy atom. The summed E-state index contributed by atoms with van der Waals surface area (Å²) >= 11 is 0. The first-order valence-corrected chi connectivity index (χ1v) is 13.1. The van der Waals surface area contributed by atoms with Gasteiger partial charge >= 0.3 is 0 Å². The molecule has 0 saturated heterocycles. The lowest BCUT2D eigenvalue weighted by atomic mass is 10.0. The molecule has 2 heteroatoms. The van der Waals surface area contributed by atoms with Crippen LogP contribution in [0.25, 0.3) is 66.1 Å². The highest BCUT2D eigenvalue weighted by Crippen LogP contribution is 2.42. The van der Waals surface area contributed by atoms with Crippen LogP contribution in [-0.4, -0.2) is 9.13 Å². The molecule has 0 N–H and O–H groups in total. The van der Waals surface area contributed by atoms with E-state index >= 15 is 0 Å². The van der Waals surface area contributed by atoms with Crippen LogP contribution < -0.4 is 0 Å². The van der Waals surface area contributed by atoms with Gasteiger partial charge in [0.1, 0.15) is 0 Å². The van der Waals surface area contributed by atoms with Gasteiger partial charge in [-0.05, 0) is 35.9 Å². The minimum absolute atomic E-state index is 1.16. The second-order valence-corrected chi connectivity index (χ2v) is 9.78. The fourth-order valence-corrected chi connectivity index (χ4v) is 6.15. The van der Waals surface area contributed by atoms with Gasteiger partial charge in [0.2, 0.25) is 0 Å². The summed E-state index contributed by atoms with van der Waals surface area (Å²) < 4.78 is 4.90. The summed E-state index contributed by atoms with van der Waals surface area (Å²) in [6, 6.07) is 52.4. The minimum Gasteiger partial charge on any atom is -0.307 e. The van der Waals surface area contributed by atoms with Gasteiger partial charge in [-0.15, -0.1) is 0 Å². The topological polar surface area (TPSA) is 9.86 Å². The second kappa shape index (κ2) is 8.22. The quantitative estimate of drug-likeness (QED) is 0.236. The van der Waals surface area contributed by atoms with Crippen molar-refractivity contribution in [2.24, 2.45) is 0 Å². The molecule has 0 saturated carbocycles. The second-order valence-electron chi connectivity index (χ2n) is 9.78. The molecule has 0 amide bonds. The van der Waals surface area contributed by atoms with Crippen molar-refractivity contribution in [1.29, 1.82) is 0 Å². The number of nitrogens with zero attached hydrogens (tertiary/aromatic N) is 2. The molecule has 38 heavy (non-hydrogen) atoms. The van der Waals surface area contributed by atoms with E-state index in [0.717, 1.165) is 5.69 Å². The van der Waals surface area contributed by atoms with Crippen molar-refractivity contribution in [1.82, 2.24) is 9.13 Å². The molecule has 0 aliphatic heterocycles. The molecule has 8 rings (SSSR count). The largest absolute Gasteiger partial charge is 0.307 e. The van der Waals surface area contributed by atoms with Crippen molar-refractivity contribution in [3.63, 3.8) is 0 Å². The monoisotopic (exact) mass is 484 g/mol. The standard InChI is InChI=1S/C36H24N2/c1-3-13-25(14-4-1)27-19-11-20-30-28-17-8-10-23-33(28)38(35(27)30)34-24-12-21-31-29-18-7-9-22-32(29)37(36(31)34)26-15-5-2-6-16-26/h1-24H. The van der Waals surface area contributed by atoms with Gasteiger partial charge in [-0.1, -0.05) is 115 Å². The van der Waals surface area contributed by atoms with E-state index in [-0.39, 0.29) is 0 Å². The van der Waals surface area contributed by atoms with Gasteiger partial charge in [0.15, 0.2) is 0 Å². The van der Waals surface area contributed by atoms with Crippen LogP contribution in [-0.2, 0) is 0 Å². The minimum atomic E-state index is 1.16. The summed E-state index contributed by atoms with van der Waals surface area (Å²) in [4.78, 5) is 0. The lowest BCUT2D eigenvalue weighted by Crippen LogP contribution is -2.01. The fourth-order valence-electron chi connectivity index (χ4n) is 6.15. The van der Waals surface area contributed by atoms with Crippen LogP contribution in [0.15, 0.2) is 146 Å². The maximum Gasteiger partial charge on any atom is 0.0782 e. The van der Waals surface area contributed by atoms with Gasteiger partial charge in [0, 0.05) is 32.8 Å². The molecule has 0 aliphatic rings. The highest BCUT2D eigenvalue weighted by molar-refractivity contribution is 6.17. The first kappa shape index (κ1) is 21.0. The van der Waals surface area contributed by atoms with E-state index in [1.54, 1.807) is 0 Å². The lowest BCUT2D eigenvalue weighted by molar-refractivity contribution is 1.13. The summed E-state index contributed by atoms with van der Waals surface area (Å²) in [5, 5.41) is 5.04. The van der Waals surface area contributed by atoms with E-state index in [0.29, 0.717) is 0 Å². The number of hydrogen-bond acceptors (Lipinski definition) is 0. The van der Waals surface area contributed by atoms with Crippen LogP contribution in [0.5, 0.6) is 0 Å². The molecular weight excluding hydrogens is 460 g/mol. The van der Waals surface area contributed by atoms with E-state index in [4.69, 9.17) is 0 Å². The van der Waals surface area contributed by atoms with Crippen LogP contribution >= 0.6 is 0 Å². The number of para-hydroxylation sites is 5. The first-order chi connectivity index (χ1) is 18.9. The molecule has 0 bridgehead atoms. The van der Waals surface area contributed by atoms with Crippen LogP contribution in [0, 0.1) is 0 Å². The molecule has 6 aromatic carbocycles. The Bertz CT molecular complexity index is 2110.